The van der Waals surface area contributed by atoms with Gasteiger partial charge in [0.2, 0.25) is 0 Å². The summed E-state index contributed by atoms with van der Waals surface area (Å²) in [5.74, 6) is 0. The Bertz CT molecular complexity index is 516. The van der Waals surface area contributed by atoms with Crippen LogP contribution in [0, 0.1) is 12.3 Å². The Labute approximate surface area is 110 Å². The summed E-state index contributed by atoms with van der Waals surface area (Å²) in [5.41, 5.74) is 5.21. The monoisotopic (exact) mass is 239 g/mol. The van der Waals surface area contributed by atoms with Gasteiger partial charge >= 0.3 is 0 Å². The van der Waals surface area contributed by atoms with Crippen molar-refractivity contribution in [2.45, 2.75) is 33.6 Å². The van der Waals surface area contributed by atoms with Gasteiger partial charge in [-0.25, -0.2) is 0 Å². The van der Waals surface area contributed by atoms with E-state index in [1.54, 1.807) is 0 Å². The van der Waals surface area contributed by atoms with E-state index in [0.717, 1.165) is 5.57 Å². The van der Waals surface area contributed by atoms with Crippen LogP contribution in [0.1, 0.15) is 37.8 Å². The highest BCUT2D eigenvalue weighted by molar-refractivity contribution is 5.81. The highest BCUT2D eigenvalue weighted by Crippen LogP contribution is 2.55. The number of rotatable bonds is 4. The predicted molar refractivity (Wildman–Crippen MR) is 79.8 cm³/mol. The van der Waals surface area contributed by atoms with Crippen LogP contribution in [0.4, 0.5) is 0 Å². The van der Waals surface area contributed by atoms with Gasteiger partial charge in [0.25, 0.3) is 0 Å². The van der Waals surface area contributed by atoms with Crippen LogP contribution in [0.15, 0.2) is 47.6 Å². The molecule has 1 aliphatic carbocycles. The van der Waals surface area contributed by atoms with Gasteiger partial charge in [0.05, 0.1) is 0 Å². The van der Waals surface area contributed by atoms with Gasteiger partial charge in [-0.15, -0.1) is 0 Å². The van der Waals surface area contributed by atoms with Crippen molar-refractivity contribution in [3.05, 3.63) is 53.7 Å². The molecule has 1 fully saturated rings. The number of benzene rings is 1. The molecule has 0 radical (unpaired) electrons. The third-order valence-electron chi connectivity index (χ3n) is 3.80. The molecule has 0 aromatic heterocycles. The van der Waals surface area contributed by atoms with Crippen molar-refractivity contribution in [2.24, 2.45) is 10.4 Å². The molecule has 0 unspecified atom stereocenters. The minimum Gasteiger partial charge on any atom is -0.269 e. The number of allylic oxidation sites excluding steroid dienone is 2. The van der Waals surface area contributed by atoms with Crippen molar-refractivity contribution in [2.75, 3.05) is 0 Å². The summed E-state index contributed by atoms with van der Waals surface area (Å²) in [6.45, 7) is 10.7. The molecule has 1 heteroatoms. The number of nitrogens with zero attached hydrogens (tertiary/aromatic N) is 1. The second-order valence-corrected chi connectivity index (χ2v) is 5.30. The Morgan fingerprint density at radius 1 is 1.33 bits per heavy atom. The first-order chi connectivity index (χ1) is 8.58. The van der Waals surface area contributed by atoms with Crippen LogP contribution in [-0.4, -0.2) is 6.21 Å². The summed E-state index contributed by atoms with van der Waals surface area (Å²) in [6, 6.07) is 8.42. The molecule has 2 rings (SSSR count). The van der Waals surface area contributed by atoms with Crippen LogP contribution < -0.4 is 0 Å². The van der Waals surface area contributed by atoms with E-state index in [4.69, 9.17) is 0 Å². The minimum absolute atomic E-state index is 0.284. The van der Waals surface area contributed by atoms with Crippen molar-refractivity contribution in [3.8, 4) is 0 Å². The molecule has 0 spiro atoms. The normalized spacial score (nSPS) is 18.1. The van der Waals surface area contributed by atoms with Crippen molar-refractivity contribution in [1.82, 2.24) is 0 Å². The lowest BCUT2D eigenvalue weighted by Crippen LogP contribution is -2.02. The maximum absolute atomic E-state index is 4.31. The zero-order valence-electron chi connectivity index (χ0n) is 11.5. The quantitative estimate of drug-likeness (QED) is 0.529. The maximum atomic E-state index is 4.31. The topological polar surface area (TPSA) is 12.4 Å². The van der Waals surface area contributed by atoms with E-state index in [0.29, 0.717) is 0 Å². The molecule has 0 N–H and O–H groups in total. The van der Waals surface area contributed by atoms with Crippen molar-refractivity contribution in [3.63, 3.8) is 0 Å². The van der Waals surface area contributed by atoms with Crippen LogP contribution in [0.2, 0.25) is 0 Å². The molecule has 0 amide bonds. The fourth-order valence-electron chi connectivity index (χ4n) is 2.26. The summed E-state index contributed by atoms with van der Waals surface area (Å²) in [5, 5.41) is 0. The molecule has 1 nitrogen and oxygen atoms in total. The summed E-state index contributed by atoms with van der Waals surface area (Å²) < 4.78 is 0. The van der Waals surface area contributed by atoms with E-state index in [1.807, 2.05) is 19.3 Å². The molecule has 0 aliphatic heterocycles. The third-order valence-corrected chi connectivity index (χ3v) is 3.80. The van der Waals surface area contributed by atoms with Crippen LogP contribution in [0.3, 0.4) is 0 Å². The van der Waals surface area contributed by atoms with Gasteiger partial charge in [0, 0.05) is 12.4 Å². The van der Waals surface area contributed by atoms with Gasteiger partial charge in [-0.1, -0.05) is 37.8 Å². The van der Waals surface area contributed by atoms with Gasteiger partial charge in [0.1, 0.15) is 0 Å². The number of hydrogen-bond donors (Lipinski definition) is 0. The molecule has 94 valence electrons. The summed E-state index contributed by atoms with van der Waals surface area (Å²) >= 11 is 0. The van der Waals surface area contributed by atoms with E-state index >= 15 is 0 Å². The fourth-order valence-corrected chi connectivity index (χ4v) is 2.26. The lowest BCUT2D eigenvalue weighted by atomic mass is 9.87. The smallest absolute Gasteiger partial charge is 0.0307 e. The first-order valence-electron chi connectivity index (χ1n) is 6.52. The second kappa shape index (κ2) is 4.93. The Kier molecular flexibility index (Phi) is 3.51. The molecular formula is C17H21N. The Morgan fingerprint density at radius 2 is 2.00 bits per heavy atom. The van der Waals surface area contributed by atoms with E-state index < -0.39 is 0 Å². The highest BCUT2D eigenvalue weighted by Gasteiger charge is 2.42. The van der Waals surface area contributed by atoms with Crippen LogP contribution in [0.5, 0.6) is 0 Å². The van der Waals surface area contributed by atoms with E-state index in [9.17, 15) is 0 Å². The minimum atomic E-state index is 0.284. The second-order valence-electron chi connectivity index (χ2n) is 5.30. The molecule has 0 heterocycles. The molecule has 1 aromatic carbocycles. The Morgan fingerprint density at radius 3 is 2.56 bits per heavy atom. The van der Waals surface area contributed by atoms with Crippen LogP contribution >= 0.6 is 0 Å². The lowest BCUT2D eigenvalue weighted by Gasteiger charge is -2.18. The first kappa shape index (κ1) is 12.8. The van der Waals surface area contributed by atoms with Gasteiger partial charge in [0.15, 0.2) is 0 Å². The predicted octanol–water partition coefficient (Wildman–Crippen LogP) is 4.78. The molecule has 0 saturated heterocycles. The van der Waals surface area contributed by atoms with Crippen LogP contribution in [-0.2, 0) is 0 Å². The zero-order valence-corrected chi connectivity index (χ0v) is 11.5. The largest absolute Gasteiger partial charge is 0.269 e. The fraction of sp³-hybridized carbons (Fsp3) is 0.353. The average molecular weight is 239 g/mol. The van der Waals surface area contributed by atoms with Crippen LogP contribution in [0.25, 0.3) is 5.57 Å². The van der Waals surface area contributed by atoms with Gasteiger partial charge in [-0.05, 0) is 54.4 Å². The Balaban J connectivity index is 2.39. The van der Waals surface area contributed by atoms with Crippen molar-refractivity contribution in [1.29, 1.82) is 0 Å². The van der Waals surface area contributed by atoms with Gasteiger partial charge < -0.3 is 0 Å². The lowest BCUT2D eigenvalue weighted by molar-refractivity contribution is 0.712. The van der Waals surface area contributed by atoms with E-state index in [1.165, 1.54) is 29.5 Å². The average Bonchev–Trinajstić information content (AvgIpc) is 3.09. The molecular weight excluding hydrogens is 218 g/mol. The van der Waals surface area contributed by atoms with Gasteiger partial charge in [-0.3, -0.25) is 4.99 Å². The molecule has 1 aliphatic rings. The first-order valence-corrected chi connectivity index (χ1v) is 6.52. The molecule has 1 saturated carbocycles. The third kappa shape index (κ3) is 2.45. The van der Waals surface area contributed by atoms with Crippen molar-refractivity contribution < 1.29 is 0 Å². The molecule has 18 heavy (non-hydrogen) atoms. The summed E-state index contributed by atoms with van der Waals surface area (Å²) in [6.07, 6.45) is 6.30. The summed E-state index contributed by atoms with van der Waals surface area (Å²) in [4.78, 5) is 4.31. The standard InChI is InChI=1S/C17H21N/c1-5-18-12-16(17(4)10-11-17)14(3)15-9-7-6-8-13(15)2/h5-9,12H,3,10-11H2,1-2,4H3/b16-12+,18-5?. The van der Waals surface area contributed by atoms with E-state index in [-0.39, 0.29) is 5.41 Å². The molecule has 0 atom stereocenters. The Hall–Kier alpha value is -1.63. The number of hydrogen-bond acceptors (Lipinski definition) is 1. The maximum Gasteiger partial charge on any atom is 0.0307 e. The summed E-state index contributed by atoms with van der Waals surface area (Å²) in [7, 11) is 0. The molecule has 1 aromatic rings. The highest BCUT2D eigenvalue weighted by atomic mass is 14.7. The van der Waals surface area contributed by atoms with E-state index in [2.05, 4.69) is 49.7 Å². The van der Waals surface area contributed by atoms with Crippen molar-refractivity contribution >= 4 is 11.8 Å². The number of aryl methyl sites for hydroxylation is 1. The number of aliphatic imine (C=N–C) groups is 1. The molecule has 0 bridgehead atoms. The SMILES string of the molecule is C=C(/C(=C\N=CC)C1(C)CC1)c1ccccc1C. The zero-order chi connectivity index (χ0) is 13.2. The van der Waals surface area contributed by atoms with Gasteiger partial charge in [-0.2, -0.15) is 0 Å².